The molecule has 11 nitrogen and oxygen atoms in total. The van der Waals surface area contributed by atoms with Gasteiger partial charge in [0.05, 0.1) is 44.7 Å². The summed E-state index contributed by atoms with van der Waals surface area (Å²) in [5, 5.41) is 10.5. The second kappa shape index (κ2) is 13.0. The van der Waals surface area contributed by atoms with Crippen molar-refractivity contribution in [2.75, 3.05) is 59.7 Å². The van der Waals surface area contributed by atoms with Gasteiger partial charge in [-0.3, -0.25) is 4.79 Å². The number of hydrogen-bond donors (Lipinski definition) is 1. The Morgan fingerprint density at radius 2 is 1.85 bits per heavy atom. The van der Waals surface area contributed by atoms with Crippen molar-refractivity contribution in [1.82, 2.24) is 9.21 Å². The fraction of sp³-hybridized carbons (Fsp3) is 0.414. The van der Waals surface area contributed by atoms with E-state index >= 15 is 0 Å². The molecule has 2 aromatic carbocycles. The van der Waals surface area contributed by atoms with Crippen molar-refractivity contribution in [2.45, 2.75) is 23.5 Å². The van der Waals surface area contributed by atoms with Crippen molar-refractivity contribution in [3.05, 3.63) is 72.2 Å². The van der Waals surface area contributed by atoms with Gasteiger partial charge in [-0.1, -0.05) is 18.2 Å². The molecule has 2 atom stereocenters. The van der Waals surface area contributed by atoms with Crippen LogP contribution in [0.3, 0.4) is 0 Å². The molecule has 3 heterocycles. The predicted molar refractivity (Wildman–Crippen MR) is 149 cm³/mol. The molecular formula is C29H34N2O9S. The Bertz CT molecular complexity index is 1460. The van der Waals surface area contributed by atoms with E-state index in [1.807, 2.05) is 24.3 Å². The maximum Gasteiger partial charge on any atom is 0.288 e. The van der Waals surface area contributed by atoms with Gasteiger partial charge >= 0.3 is 0 Å². The van der Waals surface area contributed by atoms with E-state index in [-0.39, 0.29) is 48.8 Å². The summed E-state index contributed by atoms with van der Waals surface area (Å²) in [6, 6.07) is 13.7. The van der Waals surface area contributed by atoms with Crippen molar-refractivity contribution < 1.29 is 41.7 Å². The summed E-state index contributed by atoms with van der Waals surface area (Å²) in [6.07, 6.45) is 3.09. The average Bonchev–Trinajstić information content (AvgIpc) is 3.45. The first-order chi connectivity index (χ1) is 19.9. The summed E-state index contributed by atoms with van der Waals surface area (Å²) in [4.78, 5) is 15.1. The number of allylic oxidation sites excluding steroid dienone is 1. The molecule has 220 valence electrons. The minimum Gasteiger partial charge on any atom is -0.497 e. The number of morpholine rings is 1. The third kappa shape index (κ3) is 6.57. The molecule has 2 unspecified atom stereocenters. The number of aliphatic hydroxyl groups excluding tert-OH is 1. The van der Waals surface area contributed by atoms with E-state index in [0.29, 0.717) is 38.5 Å². The van der Waals surface area contributed by atoms with E-state index in [1.165, 1.54) is 19.2 Å². The van der Waals surface area contributed by atoms with Crippen LogP contribution in [-0.4, -0.2) is 94.6 Å². The van der Waals surface area contributed by atoms with Gasteiger partial charge in [-0.25, -0.2) is 8.42 Å². The molecular weight excluding hydrogens is 552 g/mol. The van der Waals surface area contributed by atoms with E-state index in [2.05, 4.69) is 0 Å². The van der Waals surface area contributed by atoms with Gasteiger partial charge in [0, 0.05) is 49.5 Å². The lowest BCUT2D eigenvalue weighted by Crippen LogP contribution is -2.43. The van der Waals surface area contributed by atoms with E-state index in [0.717, 1.165) is 20.8 Å². The third-order valence-electron chi connectivity index (χ3n) is 7.17. The van der Waals surface area contributed by atoms with E-state index in [1.54, 1.807) is 29.4 Å². The summed E-state index contributed by atoms with van der Waals surface area (Å²) < 4.78 is 56.0. The number of amides is 1. The second-order valence-electron chi connectivity index (χ2n) is 9.69. The van der Waals surface area contributed by atoms with Crippen LogP contribution in [0.5, 0.6) is 5.75 Å². The van der Waals surface area contributed by atoms with Crippen LogP contribution in [0.15, 0.2) is 75.9 Å². The zero-order valence-corrected chi connectivity index (χ0v) is 23.6. The molecule has 0 bridgehead atoms. The number of methoxy groups -OCH3 is 1. The Labute approximate surface area is 238 Å². The number of hydrogen-bond acceptors (Lipinski definition) is 9. The van der Waals surface area contributed by atoms with Crippen LogP contribution in [0.25, 0.3) is 11.0 Å². The summed E-state index contributed by atoms with van der Waals surface area (Å²) in [7, 11) is -2.40. The van der Waals surface area contributed by atoms with Crippen LogP contribution < -0.4 is 4.74 Å². The number of benzene rings is 2. The van der Waals surface area contributed by atoms with E-state index in [9.17, 15) is 18.3 Å². The highest BCUT2D eigenvalue weighted by Crippen LogP contribution is 2.36. The Balaban J connectivity index is 1.32. The summed E-state index contributed by atoms with van der Waals surface area (Å²) in [5.41, 5.74) is 1.65. The van der Waals surface area contributed by atoms with Crippen molar-refractivity contribution in [3.8, 4) is 5.75 Å². The Morgan fingerprint density at radius 3 is 2.59 bits per heavy atom. The second-order valence-corrected chi connectivity index (χ2v) is 11.6. The van der Waals surface area contributed by atoms with Gasteiger partial charge in [-0.15, -0.1) is 0 Å². The lowest BCUT2D eigenvalue weighted by Gasteiger charge is -2.33. The smallest absolute Gasteiger partial charge is 0.288 e. The van der Waals surface area contributed by atoms with Crippen molar-refractivity contribution in [1.29, 1.82) is 0 Å². The molecule has 1 aromatic heterocycles. The summed E-state index contributed by atoms with van der Waals surface area (Å²) in [5.74, 6) is 0.236. The number of aliphatic hydroxyl groups is 1. The lowest BCUT2D eigenvalue weighted by atomic mass is 9.92. The van der Waals surface area contributed by atoms with Gasteiger partial charge in [0.1, 0.15) is 11.3 Å². The molecule has 2 aliphatic rings. The lowest BCUT2D eigenvalue weighted by molar-refractivity contribution is -0.155. The first-order valence-electron chi connectivity index (χ1n) is 13.5. The molecule has 1 amide bonds. The topological polar surface area (TPSA) is 128 Å². The van der Waals surface area contributed by atoms with Gasteiger partial charge in [-0.05, 0) is 36.4 Å². The number of furan rings is 1. The van der Waals surface area contributed by atoms with Crippen LogP contribution in [0.2, 0.25) is 0 Å². The van der Waals surface area contributed by atoms with Gasteiger partial charge in [-0.2, -0.15) is 4.31 Å². The first-order valence-corrected chi connectivity index (χ1v) is 14.9. The largest absolute Gasteiger partial charge is 0.497 e. The highest BCUT2D eigenvalue weighted by molar-refractivity contribution is 7.89. The minimum absolute atomic E-state index is 0.0159. The summed E-state index contributed by atoms with van der Waals surface area (Å²) in [6.45, 7) is 1.34. The fourth-order valence-corrected chi connectivity index (χ4v) is 6.40. The zero-order valence-electron chi connectivity index (χ0n) is 22.8. The van der Waals surface area contributed by atoms with Crippen molar-refractivity contribution >= 4 is 26.9 Å². The number of rotatable bonds is 11. The molecule has 3 aromatic rings. The predicted octanol–water partition coefficient (Wildman–Crippen LogP) is 2.71. The van der Waals surface area contributed by atoms with Crippen LogP contribution in [0.4, 0.5) is 0 Å². The van der Waals surface area contributed by atoms with Crippen LogP contribution >= 0.6 is 0 Å². The minimum atomic E-state index is -3.90. The van der Waals surface area contributed by atoms with Gasteiger partial charge in [0.15, 0.2) is 5.76 Å². The molecule has 1 fully saturated rings. The van der Waals surface area contributed by atoms with Crippen molar-refractivity contribution in [3.63, 3.8) is 0 Å². The number of sulfonamides is 1. The molecule has 1 saturated heterocycles. The van der Waals surface area contributed by atoms with Crippen LogP contribution in [0, 0.1) is 0 Å². The molecule has 5 rings (SSSR count). The monoisotopic (exact) mass is 586 g/mol. The number of para-hydroxylation sites is 1. The normalized spacial score (nSPS) is 19.7. The van der Waals surface area contributed by atoms with Gasteiger partial charge in [0.2, 0.25) is 16.3 Å². The third-order valence-corrected chi connectivity index (χ3v) is 9.08. The Kier molecular flexibility index (Phi) is 9.25. The fourth-order valence-electron chi connectivity index (χ4n) is 4.98. The average molecular weight is 587 g/mol. The highest BCUT2D eigenvalue weighted by Gasteiger charge is 2.33. The van der Waals surface area contributed by atoms with Crippen molar-refractivity contribution in [2.24, 2.45) is 0 Å². The Hall–Kier alpha value is -3.42. The molecule has 1 N–H and O–H groups in total. The molecule has 0 spiro atoms. The molecule has 0 saturated carbocycles. The number of carbonyl (C=O) groups is 1. The van der Waals surface area contributed by atoms with E-state index in [4.69, 9.17) is 23.4 Å². The van der Waals surface area contributed by atoms with Crippen LogP contribution in [0.1, 0.15) is 17.9 Å². The number of fused-ring (bicyclic) bond motifs is 1. The number of carbonyl (C=O) groups excluding carboxylic acids is 1. The highest BCUT2D eigenvalue weighted by atomic mass is 32.2. The molecule has 0 aliphatic carbocycles. The molecule has 0 radical (unpaired) electrons. The SMILES string of the molecule is COc1ccc(S(=O)(=O)N(CCO)CCOC2CC(c3coc4ccccc34)C=C(C(=O)N3CCOCC3)O2)cc1. The summed E-state index contributed by atoms with van der Waals surface area (Å²) >= 11 is 0. The van der Waals surface area contributed by atoms with Gasteiger partial charge in [0.25, 0.3) is 5.91 Å². The molecule has 41 heavy (non-hydrogen) atoms. The Morgan fingerprint density at radius 1 is 1.10 bits per heavy atom. The number of ether oxygens (including phenoxy) is 4. The number of nitrogens with zero attached hydrogens (tertiary/aromatic N) is 2. The van der Waals surface area contributed by atoms with E-state index < -0.39 is 16.3 Å². The standard InChI is InChI=1S/C29H34N2O9S/c1-36-22-6-8-23(9-7-22)41(34,35)31(10-14-32)13-17-38-28-19-21(25-20-39-26-5-3-2-4-24(25)26)18-27(40-28)29(33)30-11-15-37-16-12-30/h2-9,18,20-21,28,32H,10-17,19H2,1H3. The maximum atomic E-state index is 13.4. The van der Waals surface area contributed by atoms with Gasteiger partial charge < -0.3 is 33.4 Å². The van der Waals surface area contributed by atoms with Crippen LogP contribution in [-0.2, 0) is 29.0 Å². The zero-order chi connectivity index (χ0) is 28.8. The molecule has 12 heteroatoms. The quantitative estimate of drug-likeness (QED) is 0.361. The molecule has 2 aliphatic heterocycles. The maximum absolute atomic E-state index is 13.4. The first kappa shape index (κ1) is 29.1.